The summed E-state index contributed by atoms with van der Waals surface area (Å²) in [6.45, 7) is 6.53. The van der Waals surface area contributed by atoms with Crippen LogP contribution in [0, 0.1) is 11.8 Å². The monoisotopic (exact) mass is 382 g/mol. The number of hydrogen-bond donors (Lipinski definition) is 0. The number of ether oxygens (including phenoxy) is 4. The van der Waals surface area contributed by atoms with Gasteiger partial charge in [0.15, 0.2) is 0 Å². The molecule has 7 nitrogen and oxygen atoms in total. The molecule has 0 saturated heterocycles. The van der Waals surface area contributed by atoms with Gasteiger partial charge in [-0.25, -0.2) is 0 Å². The Bertz CT molecular complexity index is 405. The molecule has 0 aromatic heterocycles. The van der Waals surface area contributed by atoms with E-state index in [1.807, 2.05) is 0 Å². The number of hydrogen-bond acceptors (Lipinski definition) is 7. The highest BCUT2D eigenvalue weighted by Crippen LogP contribution is 2.28. The van der Waals surface area contributed by atoms with Gasteiger partial charge in [-0.15, -0.1) is 0 Å². The van der Waals surface area contributed by atoms with Crippen molar-refractivity contribution in [2.24, 2.45) is 11.8 Å². The lowest BCUT2D eigenvalue weighted by Gasteiger charge is -2.25. The zero-order chi connectivity index (χ0) is 18.4. The van der Waals surface area contributed by atoms with E-state index in [4.69, 9.17) is 18.9 Å². The van der Waals surface area contributed by atoms with Crippen LogP contribution in [-0.4, -0.2) is 74.1 Å². The summed E-state index contributed by atoms with van der Waals surface area (Å²) in [7, 11) is -3.39. The fourth-order valence-electron chi connectivity index (χ4n) is 2.65. The molecule has 25 heavy (non-hydrogen) atoms. The molecule has 0 aromatic carbocycles. The second-order valence-corrected chi connectivity index (χ2v) is 8.21. The van der Waals surface area contributed by atoms with Gasteiger partial charge in [0, 0.05) is 6.61 Å². The zero-order valence-corrected chi connectivity index (χ0v) is 16.4. The van der Waals surface area contributed by atoms with E-state index in [1.165, 1.54) is 25.7 Å². The Balaban J connectivity index is 1.73. The Labute approximate surface area is 152 Å². The van der Waals surface area contributed by atoms with Gasteiger partial charge in [-0.1, -0.05) is 19.8 Å². The van der Waals surface area contributed by atoms with Crippen LogP contribution in [0.25, 0.3) is 0 Å². The fraction of sp³-hybridized carbons (Fsp3) is 1.00. The van der Waals surface area contributed by atoms with Crippen LogP contribution in [0.2, 0.25) is 0 Å². The molecular formula is C17H34O7S. The molecule has 0 heterocycles. The maximum absolute atomic E-state index is 10.7. The van der Waals surface area contributed by atoms with Crippen molar-refractivity contribution in [2.45, 2.75) is 32.6 Å². The van der Waals surface area contributed by atoms with Crippen molar-refractivity contribution in [2.75, 3.05) is 65.7 Å². The summed E-state index contributed by atoms with van der Waals surface area (Å²) in [4.78, 5) is 0. The van der Waals surface area contributed by atoms with E-state index in [1.54, 1.807) is 0 Å². The highest BCUT2D eigenvalue weighted by atomic mass is 32.2. The van der Waals surface area contributed by atoms with Crippen LogP contribution in [0.5, 0.6) is 0 Å². The summed E-state index contributed by atoms with van der Waals surface area (Å²) in [6, 6.07) is 0. The van der Waals surface area contributed by atoms with E-state index in [0.717, 1.165) is 24.7 Å². The first kappa shape index (κ1) is 22.8. The molecule has 0 amide bonds. The molecule has 1 aliphatic rings. The second-order valence-electron chi connectivity index (χ2n) is 6.56. The average Bonchev–Trinajstić information content (AvgIpc) is 2.56. The Morgan fingerprint density at radius 1 is 0.720 bits per heavy atom. The van der Waals surface area contributed by atoms with Gasteiger partial charge >= 0.3 is 0 Å². The van der Waals surface area contributed by atoms with Gasteiger partial charge in [-0.05, 0) is 24.7 Å². The zero-order valence-electron chi connectivity index (χ0n) is 15.6. The van der Waals surface area contributed by atoms with Gasteiger partial charge in [0.1, 0.15) is 0 Å². The molecule has 0 spiro atoms. The molecule has 0 atom stereocenters. The second kappa shape index (κ2) is 13.9. The van der Waals surface area contributed by atoms with Gasteiger partial charge in [-0.2, -0.15) is 8.42 Å². The molecule has 1 aliphatic carbocycles. The molecule has 8 heteroatoms. The van der Waals surface area contributed by atoms with Crippen LogP contribution in [0.3, 0.4) is 0 Å². The van der Waals surface area contributed by atoms with Crippen LogP contribution in [-0.2, 0) is 33.2 Å². The Morgan fingerprint density at radius 3 is 1.64 bits per heavy atom. The predicted molar refractivity (Wildman–Crippen MR) is 95.2 cm³/mol. The highest BCUT2D eigenvalue weighted by molar-refractivity contribution is 7.85. The molecule has 1 saturated carbocycles. The van der Waals surface area contributed by atoms with Crippen molar-refractivity contribution in [1.29, 1.82) is 0 Å². The SMILES string of the molecule is CS(=O)(=O)OCCOCCOCCOCCOC[C@H]1CC[C@H](C)CC1. The van der Waals surface area contributed by atoms with Crippen molar-refractivity contribution < 1.29 is 31.5 Å². The maximum atomic E-state index is 10.7. The van der Waals surface area contributed by atoms with Gasteiger partial charge < -0.3 is 18.9 Å². The van der Waals surface area contributed by atoms with Crippen molar-refractivity contribution in [3.8, 4) is 0 Å². The van der Waals surface area contributed by atoms with Crippen molar-refractivity contribution >= 4 is 10.1 Å². The molecular weight excluding hydrogens is 348 g/mol. The van der Waals surface area contributed by atoms with Crippen molar-refractivity contribution in [3.63, 3.8) is 0 Å². The van der Waals surface area contributed by atoms with Crippen molar-refractivity contribution in [3.05, 3.63) is 0 Å². The maximum Gasteiger partial charge on any atom is 0.264 e. The van der Waals surface area contributed by atoms with Crippen LogP contribution in [0.15, 0.2) is 0 Å². The lowest BCUT2D eigenvalue weighted by molar-refractivity contribution is -0.0101. The van der Waals surface area contributed by atoms with E-state index < -0.39 is 10.1 Å². The third-order valence-electron chi connectivity index (χ3n) is 4.13. The first-order chi connectivity index (χ1) is 12.0. The molecule has 150 valence electrons. The predicted octanol–water partition coefficient (Wildman–Crippen LogP) is 1.86. The third-order valence-corrected chi connectivity index (χ3v) is 4.72. The summed E-state index contributed by atoms with van der Waals surface area (Å²) >= 11 is 0. The fourth-order valence-corrected chi connectivity index (χ4v) is 3.02. The first-order valence-corrected chi connectivity index (χ1v) is 10.9. The normalized spacial score (nSPS) is 21.5. The number of rotatable bonds is 15. The van der Waals surface area contributed by atoms with Crippen LogP contribution >= 0.6 is 0 Å². The van der Waals surface area contributed by atoms with E-state index in [-0.39, 0.29) is 13.2 Å². The average molecular weight is 383 g/mol. The summed E-state index contributed by atoms with van der Waals surface area (Å²) in [6.07, 6.45) is 6.25. The minimum Gasteiger partial charge on any atom is -0.379 e. The molecule has 1 fully saturated rings. The Morgan fingerprint density at radius 2 is 1.16 bits per heavy atom. The van der Waals surface area contributed by atoms with E-state index in [0.29, 0.717) is 39.6 Å². The van der Waals surface area contributed by atoms with Crippen LogP contribution in [0.1, 0.15) is 32.6 Å². The minimum atomic E-state index is -3.39. The first-order valence-electron chi connectivity index (χ1n) is 9.12. The van der Waals surface area contributed by atoms with Crippen molar-refractivity contribution in [1.82, 2.24) is 0 Å². The van der Waals surface area contributed by atoms with E-state index >= 15 is 0 Å². The molecule has 0 unspecified atom stereocenters. The van der Waals surface area contributed by atoms with Gasteiger partial charge in [0.25, 0.3) is 10.1 Å². The molecule has 0 N–H and O–H groups in total. The summed E-state index contributed by atoms with van der Waals surface area (Å²) in [5.74, 6) is 1.60. The largest absolute Gasteiger partial charge is 0.379 e. The summed E-state index contributed by atoms with van der Waals surface area (Å²) in [5.41, 5.74) is 0. The topological polar surface area (TPSA) is 80.3 Å². The highest BCUT2D eigenvalue weighted by Gasteiger charge is 2.17. The lowest BCUT2D eigenvalue weighted by Crippen LogP contribution is -2.19. The van der Waals surface area contributed by atoms with E-state index in [2.05, 4.69) is 11.1 Å². The molecule has 0 radical (unpaired) electrons. The molecule has 0 aliphatic heterocycles. The Hall–Kier alpha value is -0.250. The quantitative estimate of drug-likeness (QED) is 0.316. The van der Waals surface area contributed by atoms with Crippen LogP contribution in [0.4, 0.5) is 0 Å². The summed E-state index contributed by atoms with van der Waals surface area (Å²) in [5, 5.41) is 0. The van der Waals surface area contributed by atoms with E-state index in [9.17, 15) is 8.42 Å². The van der Waals surface area contributed by atoms with Crippen LogP contribution < -0.4 is 0 Å². The van der Waals surface area contributed by atoms with Gasteiger partial charge in [-0.3, -0.25) is 4.18 Å². The minimum absolute atomic E-state index is 0.0296. The standard InChI is InChI=1S/C17H34O7S/c1-16-3-5-17(6-4-16)15-23-12-11-21-8-7-20-9-10-22-13-14-24-25(2,18)19/h16-17H,3-15H2,1-2H3/t16-,17-. The molecule has 0 bridgehead atoms. The lowest BCUT2D eigenvalue weighted by atomic mass is 9.83. The smallest absolute Gasteiger partial charge is 0.264 e. The molecule has 1 rings (SSSR count). The molecule has 0 aromatic rings. The summed E-state index contributed by atoms with van der Waals surface area (Å²) < 4.78 is 47.6. The Kier molecular flexibility index (Phi) is 12.7. The van der Waals surface area contributed by atoms with Gasteiger partial charge in [0.05, 0.1) is 59.1 Å². The third kappa shape index (κ3) is 14.6. The van der Waals surface area contributed by atoms with Gasteiger partial charge in [0.2, 0.25) is 0 Å².